The number of cyclic esters (lactones) is 1. The van der Waals surface area contributed by atoms with Gasteiger partial charge in [0.15, 0.2) is 0 Å². The van der Waals surface area contributed by atoms with Gasteiger partial charge in [-0.25, -0.2) is 9.78 Å². The van der Waals surface area contributed by atoms with Crippen molar-refractivity contribution in [1.82, 2.24) is 4.98 Å². The van der Waals surface area contributed by atoms with E-state index in [-0.39, 0.29) is 30.0 Å². The normalized spacial score (nSPS) is 34.9. The summed E-state index contributed by atoms with van der Waals surface area (Å²) in [5.74, 6) is -1.21. The molecular weight excluding hydrogens is 466 g/mol. The van der Waals surface area contributed by atoms with Crippen LogP contribution in [0.5, 0.6) is 0 Å². The van der Waals surface area contributed by atoms with Crippen LogP contribution in [-0.4, -0.2) is 50.9 Å². The molecule has 0 amide bonds. The quantitative estimate of drug-likeness (QED) is 0.461. The van der Waals surface area contributed by atoms with Crippen LogP contribution in [0.3, 0.4) is 0 Å². The Bertz CT molecular complexity index is 982. The Labute approximate surface area is 212 Å². The smallest absolute Gasteiger partial charge is 0.331 e. The van der Waals surface area contributed by atoms with Gasteiger partial charge in [-0.05, 0) is 58.1 Å². The fraction of sp³-hybridized carbons (Fsp3) is 0.667. The van der Waals surface area contributed by atoms with Gasteiger partial charge in [-0.3, -0.25) is 4.79 Å². The minimum Gasteiger partial charge on any atom is -0.455 e. The molecule has 35 heavy (non-hydrogen) atoms. The SMILES string of the molecule is CC(=Cc1csc(CO)n1)[C@@H]1CC2O[C@]2(C)CCC[C@H](C)[C@H](O)[C@@H](C)C(=O)C(C)(C)C=CC(=O)O1. The van der Waals surface area contributed by atoms with E-state index in [1.807, 2.05) is 25.3 Å². The number of fused-ring (bicyclic) bond motifs is 1. The van der Waals surface area contributed by atoms with Gasteiger partial charge in [-0.15, -0.1) is 11.3 Å². The van der Waals surface area contributed by atoms with Crippen molar-refractivity contribution in [1.29, 1.82) is 0 Å². The second-order valence-corrected chi connectivity index (χ2v) is 11.8. The molecule has 194 valence electrons. The van der Waals surface area contributed by atoms with Gasteiger partial charge in [0.2, 0.25) is 0 Å². The molecule has 1 aromatic heterocycles. The molecular formula is C27H39NO6S. The fourth-order valence-corrected chi connectivity index (χ4v) is 5.45. The number of Topliss-reactive ketones (excluding diaryl/α,β-unsaturated/α-hetero) is 1. The summed E-state index contributed by atoms with van der Waals surface area (Å²) < 4.78 is 11.9. The highest BCUT2D eigenvalue weighted by atomic mass is 32.1. The summed E-state index contributed by atoms with van der Waals surface area (Å²) in [7, 11) is 0. The van der Waals surface area contributed by atoms with E-state index >= 15 is 0 Å². The van der Waals surface area contributed by atoms with Gasteiger partial charge < -0.3 is 19.7 Å². The maximum atomic E-state index is 13.1. The number of aromatic nitrogens is 1. The molecule has 3 rings (SSSR count). The third kappa shape index (κ3) is 6.88. The molecule has 6 atom stereocenters. The van der Waals surface area contributed by atoms with Gasteiger partial charge in [-0.1, -0.05) is 26.3 Å². The molecule has 0 radical (unpaired) electrons. The lowest BCUT2D eigenvalue weighted by molar-refractivity contribution is -0.141. The lowest BCUT2D eigenvalue weighted by Crippen LogP contribution is -2.38. The molecule has 1 saturated heterocycles. The van der Waals surface area contributed by atoms with E-state index in [0.29, 0.717) is 17.1 Å². The molecule has 0 aliphatic carbocycles. The third-order valence-electron chi connectivity index (χ3n) is 7.42. The van der Waals surface area contributed by atoms with E-state index in [4.69, 9.17) is 9.47 Å². The number of hydrogen-bond donors (Lipinski definition) is 2. The molecule has 0 bridgehead atoms. The molecule has 1 unspecified atom stereocenters. The van der Waals surface area contributed by atoms with E-state index in [0.717, 1.165) is 24.8 Å². The average molecular weight is 506 g/mol. The molecule has 2 aliphatic heterocycles. The van der Waals surface area contributed by atoms with E-state index in [9.17, 15) is 19.8 Å². The first-order valence-corrected chi connectivity index (χ1v) is 13.3. The molecule has 1 aromatic rings. The molecule has 1 fully saturated rings. The number of allylic oxidation sites excluding steroid dienone is 1. The van der Waals surface area contributed by atoms with Gasteiger partial charge in [0.25, 0.3) is 0 Å². The first kappa shape index (κ1) is 27.7. The summed E-state index contributed by atoms with van der Waals surface area (Å²) in [6.45, 7) is 11.1. The zero-order chi connectivity index (χ0) is 26.0. The second-order valence-electron chi connectivity index (χ2n) is 10.9. The van der Waals surface area contributed by atoms with Crippen molar-refractivity contribution in [2.75, 3.05) is 0 Å². The van der Waals surface area contributed by atoms with E-state index < -0.39 is 29.5 Å². The number of carbonyl (C=O) groups excluding carboxylic acids is 2. The van der Waals surface area contributed by atoms with Crippen LogP contribution in [0.25, 0.3) is 6.08 Å². The first-order chi connectivity index (χ1) is 16.4. The summed E-state index contributed by atoms with van der Waals surface area (Å²) in [5.41, 5.74) is 0.330. The van der Waals surface area contributed by atoms with Gasteiger partial charge in [0.1, 0.15) is 16.9 Å². The van der Waals surface area contributed by atoms with Gasteiger partial charge in [-0.2, -0.15) is 0 Å². The van der Waals surface area contributed by atoms with Crippen LogP contribution >= 0.6 is 11.3 Å². The highest BCUT2D eigenvalue weighted by molar-refractivity contribution is 7.09. The molecule has 2 N–H and O–H groups in total. The Morgan fingerprint density at radius 3 is 2.66 bits per heavy atom. The van der Waals surface area contributed by atoms with Crippen molar-refractivity contribution in [2.24, 2.45) is 17.3 Å². The standard InChI is InChI=1S/C27H39NO6S/c1-16-8-7-10-27(6)21(34-27)13-20(17(2)12-19-15-35-22(14-29)28-19)33-23(30)9-11-26(4,5)25(32)18(3)24(16)31/h9,11-12,15-16,18,20-21,24,29,31H,7-8,10,13-14H2,1-6H3/t16-,18+,20-,21?,24-,27+/m0/s1. The van der Waals surface area contributed by atoms with Crippen LogP contribution in [0.4, 0.5) is 0 Å². The van der Waals surface area contributed by atoms with Crippen molar-refractivity contribution in [3.05, 3.63) is 33.8 Å². The molecule has 8 heteroatoms. The monoisotopic (exact) mass is 505 g/mol. The number of aliphatic hydroxyl groups is 2. The fourth-order valence-electron chi connectivity index (χ4n) is 4.84. The minimum atomic E-state index is -0.921. The highest BCUT2D eigenvalue weighted by Gasteiger charge is 2.52. The van der Waals surface area contributed by atoms with Crippen LogP contribution in [0.15, 0.2) is 23.1 Å². The number of epoxide rings is 1. The van der Waals surface area contributed by atoms with Crippen molar-refractivity contribution in [3.63, 3.8) is 0 Å². The predicted octanol–water partition coefficient (Wildman–Crippen LogP) is 4.47. The topological polar surface area (TPSA) is 109 Å². The van der Waals surface area contributed by atoms with E-state index in [1.54, 1.807) is 26.8 Å². The van der Waals surface area contributed by atoms with Crippen LogP contribution < -0.4 is 0 Å². The van der Waals surface area contributed by atoms with E-state index in [1.165, 1.54) is 17.4 Å². The summed E-state index contributed by atoms with van der Waals surface area (Å²) in [4.78, 5) is 30.3. The average Bonchev–Trinajstić information content (AvgIpc) is 3.22. The summed E-state index contributed by atoms with van der Waals surface area (Å²) in [5, 5.41) is 22.6. The van der Waals surface area contributed by atoms with Crippen molar-refractivity contribution < 1.29 is 29.3 Å². The lowest BCUT2D eigenvalue weighted by Gasteiger charge is -2.30. The number of hydrogen-bond acceptors (Lipinski definition) is 8. The molecule has 0 aromatic carbocycles. The summed E-state index contributed by atoms with van der Waals surface area (Å²) >= 11 is 1.37. The van der Waals surface area contributed by atoms with Crippen LogP contribution in [-0.2, 0) is 25.7 Å². The van der Waals surface area contributed by atoms with Gasteiger partial charge in [0, 0.05) is 29.2 Å². The highest BCUT2D eigenvalue weighted by Crippen LogP contribution is 2.45. The zero-order valence-electron chi connectivity index (χ0n) is 21.6. The van der Waals surface area contributed by atoms with Crippen LogP contribution in [0.2, 0.25) is 0 Å². The van der Waals surface area contributed by atoms with Crippen LogP contribution in [0.1, 0.15) is 77.9 Å². The first-order valence-electron chi connectivity index (χ1n) is 12.4. The van der Waals surface area contributed by atoms with Crippen molar-refractivity contribution in [3.8, 4) is 0 Å². The number of aliphatic hydroxyl groups excluding tert-OH is 2. The number of nitrogens with zero attached hydrogens (tertiary/aromatic N) is 1. The number of esters is 1. The van der Waals surface area contributed by atoms with Crippen molar-refractivity contribution >= 4 is 29.2 Å². The number of ketones is 1. The molecule has 3 heterocycles. The molecule has 7 nitrogen and oxygen atoms in total. The van der Waals surface area contributed by atoms with Crippen molar-refractivity contribution in [2.45, 2.75) is 97.7 Å². The molecule has 2 aliphatic rings. The van der Waals surface area contributed by atoms with Crippen LogP contribution in [0, 0.1) is 17.3 Å². The van der Waals surface area contributed by atoms with E-state index in [2.05, 4.69) is 11.9 Å². The Kier molecular flexibility index (Phi) is 8.73. The second kappa shape index (κ2) is 11.0. The molecule has 0 spiro atoms. The molecule has 0 saturated carbocycles. The number of ether oxygens (including phenoxy) is 2. The Morgan fingerprint density at radius 1 is 1.29 bits per heavy atom. The minimum absolute atomic E-state index is 0.0211. The lowest BCUT2D eigenvalue weighted by atomic mass is 9.76. The Hall–Kier alpha value is -1.87. The number of carbonyl (C=O) groups is 2. The summed E-state index contributed by atoms with van der Waals surface area (Å²) in [6, 6.07) is 0. The van der Waals surface area contributed by atoms with Gasteiger partial charge in [0.05, 0.1) is 30.1 Å². The Balaban J connectivity index is 1.86. The predicted molar refractivity (Wildman–Crippen MR) is 136 cm³/mol. The number of rotatable bonds is 3. The van der Waals surface area contributed by atoms with Gasteiger partial charge >= 0.3 is 5.97 Å². The zero-order valence-corrected chi connectivity index (χ0v) is 22.4. The largest absolute Gasteiger partial charge is 0.455 e. The summed E-state index contributed by atoms with van der Waals surface area (Å²) in [6.07, 6.45) is 6.48. The number of thiazole rings is 1. The maximum Gasteiger partial charge on any atom is 0.331 e. The maximum absolute atomic E-state index is 13.1. The third-order valence-corrected chi connectivity index (χ3v) is 8.27. The Morgan fingerprint density at radius 2 is 2.00 bits per heavy atom.